The predicted octanol–water partition coefficient (Wildman–Crippen LogP) is 1.90. The van der Waals surface area contributed by atoms with Crippen LogP contribution in [0.25, 0.3) is 0 Å². The van der Waals surface area contributed by atoms with Gasteiger partial charge in [-0.1, -0.05) is 6.92 Å². The van der Waals surface area contributed by atoms with Gasteiger partial charge in [-0.2, -0.15) is 0 Å². The van der Waals surface area contributed by atoms with Crippen LogP contribution >= 0.6 is 0 Å². The van der Waals surface area contributed by atoms with Crippen LogP contribution < -0.4 is 4.90 Å². The monoisotopic (exact) mass is 261 g/mol. The topological polar surface area (TPSA) is 57.6 Å². The van der Waals surface area contributed by atoms with Crippen LogP contribution in [0.1, 0.15) is 43.1 Å². The highest BCUT2D eigenvalue weighted by Gasteiger charge is 2.43. The lowest BCUT2D eigenvalue weighted by Crippen LogP contribution is -2.37. The Morgan fingerprint density at radius 3 is 2.63 bits per heavy atom. The number of β-amino-alcohol motifs (C(OH)–C–C–N with tert-alkyl or cyclic N) is 1. The van der Waals surface area contributed by atoms with E-state index in [2.05, 4.69) is 0 Å². The maximum atomic E-state index is 12.4. The molecule has 0 unspecified atom stereocenters. The number of hydrogen-bond acceptors (Lipinski definition) is 3. The average Bonchev–Trinajstić information content (AvgIpc) is 2.59. The quantitative estimate of drug-likeness (QED) is 0.842. The van der Waals surface area contributed by atoms with E-state index in [0.717, 1.165) is 11.3 Å². The maximum absolute atomic E-state index is 12.4. The summed E-state index contributed by atoms with van der Waals surface area (Å²) in [5.41, 5.74) is 1.67. The molecule has 0 saturated heterocycles. The summed E-state index contributed by atoms with van der Waals surface area (Å²) in [6.45, 7) is 5.74. The molecule has 0 spiro atoms. The lowest BCUT2D eigenvalue weighted by atomic mass is 9.85. The third kappa shape index (κ3) is 2.06. The second kappa shape index (κ2) is 4.78. The van der Waals surface area contributed by atoms with Gasteiger partial charge >= 0.3 is 0 Å². The number of aliphatic hydroxyl groups is 1. The van der Waals surface area contributed by atoms with E-state index in [1.807, 2.05) is 26.8 Å². The molecule has 0 saturated carbocycles. The highest BCUT2D eigenvalue weighted by Crippen LogP contribution is 2.41. The van der Waals surface area contributed by atoms with E-state index in [1.54, 1.807) is 17.0 Å². The van der Waals surface area contributed by atoms with Crippen LogP contribution in [0.4, 0.5) is 5.69 Å². The van der Waals surface area contributed by atoms with Crippen molar-refractivity contribution >= 4 is 17.4 Å². The zero-order valence-corrected chi connectivity index (χ0v) is 11.6. The standard InChI is InChI=1S/C15H19NO3/c1-4-13(18)10-5-6-12-11(9-10)15(2,3)14(19)16(12)7-8-17/h5-6,9,17H,4,7-8H2,1-3H3. The third-order valence-corrected chi connectivity index (χ3v) is 3.71. The third-order valence-electron chi connectivity index (χ3n) is 3.71. The first-order chi connectivity index (χ1) is 8.93. The van der Waals surface area contributed by atoms with Crippen molar-refractivity contribution in [1.29, 1.82) is 0 Å². The Kier molecular flexibility index (Phi) is 3.45. The fourth-order valence-corrected chi connectivity index (χ4v) is 2.53. The molecule has 2 rings (SSSR count). The number of anilines is 1. The molecule has 1 N–H and O–H groups in total. The van der Waals surface area contributed by atoms with E-state index in [0.29, 0.717) is 12.0 Å². The molecule has 19 heavy (non-hydrogen) atoms. The minimum absolute atomic E-state index is 0.0300. The van der Waals surface area contributed by atoms with Gasteiger partial charge in [-0.25, -0.2) is 0 Å². The summed E-state index contributed by atoms with van der Waals surface area (Å²) in [6.07, 6.45) is 0.452. The smallest absolute Gasteiger partial charge is 0.237 e. The molecule has 0 aliphatic carbocycles. The molecule has 4 heteroatoms. The summed E-state index contributed by atoms with van der Waals surface area (Å²) >= 11 is 0. The number of amides is 1. The normalized spacial score (nSPS) is 16.6. The van der Waals surface area contributed by atoms with Crippen LogP contribution in [0, 0.1) is 0 Å². The molecule has 0 fully saturated rings. The van der Waals surface area contributed by atoms with Gasteiger partial charge in [0, 0.05) is 24.2 Å². The van der Waals surface area contributed by atoms with Gasteiger partial charge in [0.15, 0.2) is 5.78 Å². The highest BCUT2D eigenvalue weighted by atomic mass is 16.3. The molecule has 102 valence electrons. The number of carbonyl (C=O) groups excluding carboxylic acids is 2. The Morgan fingerprint density at radius 2 is 2.05 bits per heavy atom. The molecule has 1 amide bonds. The van der Waals surface area contributed by atoms with Gasteiger partial charge in [0.2, 0.25) is 5.91 Å². The largest absolute Gasteiger partial charge is 0.395 e. The summed E-state index contributed by atoms with van der Waals surface area (Å²) in [5.74, 6) is 0.0457. The molecule has 1 aliphatic heterocycles. The van der Waals surface area contributed by atoms with Gasteiger partial charge in [-0.05, 0) is 37.6 Å². The fourth-order valence-electron chi connectivity index (χ4n) is 2.53. The van der Waals surface area contributed by atoms with Crippen LogP contribution in [-0.4, -0.2) is 29.9 Å². The van der Waals surface area contributed by atoms with Crippen molar-refractivity contribution in [3.63, 3.8) is 0 Å². The molecule has 1 heterocycles. The first-order valence-electron chi connectivity index (χ1n) is 6.54. The maximum Gasteiger partial charge on any atom is 0.237 e. The number of nitrogens with zero attached hydrogens (tertiary/aromatic N) is 1. The van der Waals surface area contributed by atoms with E-state index in [-0.39, 0.29) is 24.8 Å². The van der Waals surface area contributed by atoms with Crippen molar-refractivity contribution < 1.29 is 14.7 Å². The minimum Gasteiger partial charge on any atom is -0.395 e. The summed E-state index contributed by atoms with van der Waals surface area (Å²) in [5, 5.41) is 9.07. The number of rotatable bonds is 4. The number of Topliss-reactive ketones (excluding diaryl/α,β-unsaturated/α-hetero) is 1. The van der Waals surface area contributed by atoms with E-state index in [1.165, 1.54) is 0 Å². The highest BCUT2D eigenvalue weighted by molar-refractivity contribution is 6.08. The Labute approximate surface area is 113 Å². The predicted molar refractivity (Wildman–Crippen MR) is 73.5 cm³/mol. The molecule has 0 radical (unpaired) electrons. The van der Waals surface area contributed by atoms with Crippen molar-refractivity contribution in [2.24, 2.45) is 0 Å². The van der Waals surface area contributed by atoms with Crippen molar-refractivity contribution in [3.05, 3.63) is 29.3 Å². The number of hydrogen-bond donors (Lipinski definition) is 1. The second-order valence-electron chi connectivity index (χ2n) is 5.31. The molecule has 1 aromatic rings. The van der Waals surface area contributed by atoms with Gasteiger partial charge in [0.1, 0.15) is 0 Å². The molecule has 0 aromatic heterocycles. The Morgan fingerprint density at radius 1 is 1.37 bits per heavy atom. The van der Waals surface area contributed by atoms with Crippen molar-refractivity contribution in [2.45, 2.75) is 32.6 Å². The van der Waals surface area contributed by atoms with E-state index < -0.39 is 5.41 Å². The lowest BCUT2D eigenvalue weighted by Gasteiger charge is -2.19. The SMILES string of the molecule is CCC(=O)c1ccc2c(c1)C(C)(C)C(=O)N2CCO. The van der Waals surface area contributed by atoms with Crippen molar-refractivity contribution in [2.75, 3.05) is 18.1 Å². The number of benzene rings is 1. The zero-order valence-electron chi connectivity index (χ0n) is 11.6. The summed E-state index contributed by atoms with van der Waals surface area (Å²) < 4.78 is 0. The number of aliphatic hydroxyl groups excluding tert-OH is 1. The fraction of sp³-hybridized carbons (Fsp3) is 0.467. The van der Waals surface area contributed by atoms with Crippen molar-refractivity contribution in [3.8, 4) is 0 Å². The van der Waals surface area contributed by atoms with Gasteiger partial charge < -0.3 is 10.0 Å². The first kappa shape index (κ1) is 13.7. The number of carbonyl (C=O) groups is 2. The molecule has 0 atom stereocenters. The van der Waals surface area contributed by atoms with E-state index in [4.69, 9.17) is 5.11 Å². The molecular formula is C15H19NO3. The summed E-state index contributed by atoms with van der Waals surface area (Å²) in [4.78, 5) is 25.7. The Hall–Kier alpha value is -1.68. The van der Waals surface area contributed by atoms with Gasteiger partial charge in [0.05, 0.1) is 12.0 Å². The van der Waals surface area contributed by atoms with Crippen LogP contribution in [0.15, 0.2) is 18.2 Å². The van der Waals surface area contributed by atoms with Crippen LogP contribution in [0.3, 0.4) is 0 Å². The molecular weight excluding hydrogens is 242 g/mol. The first-order valence-corrected chi connectivity index (χ1v) is 6.54. The molecule has 1 aliphatic rings. The Balaban J connectivity index is 2.53. The second-order valence-corrected chi connectivity index (χ2v) is 5.31. The Bertz CT molecular complexity index is 534. The van der Waals surface area contributed by atoms with Crippen LogP contribution in [-0.2, 0) is 10.2 Å². The number of ketones is 1. The van der Waals surface area contributed by atoms with Crippen LogP contribution in [0.5, 0.6) is 0 Å². The number of fused-ring (bicyclic) bond motifs is 1. The van der Waals surface area contributed by atoms with Crippen molar-refractivity contribution in [1.82, 2.24) is 0 Å². The minimum atomic E-state index is -0.644. The van der Waals surface area contributed by atoms with E-state index in [9.17, 15) is 9.59 Å². The van der Waals surface area contributed by atoms with Crippen LogP contribution in [0.2, 0.25) is 0 Å². The molecule has 0 bridgehead atoms. The molecule has 1 aromatic carbocycles. The summed E-state index contributed by atoms with van der Waals surface area (Å²) in [6, 6.07) is 5.38. The van der Waals surface area contributed by atoms with Gasteiger partial charge in [0.25, 0.3) is 0 Å². The zero-order chi connectivity index (χ0) is 14.2. The van der Waals surface area contributed by atoms with E-state index >= 15 is 0 Å². The van der Waals surface area contributed by atoms with Gasteiger partial charge in [-0.3, -0.25) is 9.59 Å². The molecule has 4 nitrogen and oxygen atoms in total. The lowest BCUT2D eigenvalue weighted by molar-refractivity contribution is -0.122. The summed E-state index contributed by atoms with van der Waals surface area (Å²) in [7, 11) is 0. The average molecular weight is 261 g/mol. The van der Waals surface area contributed by atoms with Gasteiger partial charge in [-0.15, -0.1) is 0 Å².